The predicted molar refractivity (Wildman–Crippen MR) is 70.5 cm³/mol. The average Bonchev–Trinajstić information content (AvgIpc) is 2.33. The van der Waals surface area contributed by atoms with Crippen LogP contribution < -0.4 is 0 Å². The highest BCUT2D eigenvalue weighted by molar-refractivity contribution is 9.10. The SMILES string of the molecule is CCc1nc(CCOCCOC)nc(Cl)c1Br. The van der Waals surface area contributed by atoms with E-state index in [4.69, 9.17) is 21.1 Å². The second kappa shape index (κ2) is 7.97. The molecule has 0 spiro atoms. The summed E-state index contributed by atoms with van der Waals surface area (Å²) in [6.07, 6.45) is 1.48. The van der Waals surface area contributed by atoms with Crippen LogP contribution in [0.2, 0.25) is 5.15 Å². The number of ether oxygens (including phenoxy) is 2. The molecule has 4 nitrogen and oxygen atoms in total. The molecule has 96 valence electrons. The van der Waals surface area contributed by atoms with Crippen molar-refractivity contribution in [2.45, 2.75) is 19.8 Å². The maximum Gasteiger partial charge on any atom is 0.147 e. The quantitative estimate of drug-likeness (QED) is 0.571. The third-order valence-electron chi connectivity index (χ3n) is 2.16. The fourth-order valence-electron chi connectivity index (χ4n) is 1.27. The molecule has 0 saturated carbocycles. The third kappa shape index (κ3) is 4.87. The van der Waals surface area contributed by atoms with E-state index in [2.05, 4.69) is 25.9 Å². The van der Waals surface area contributed by atoms with E-state index in [-0.39, 0.29) is 0 Å². The zero-order chi connectivity index (χ0) is 12.7. The molecule has 0 aliphatic rings. The number of halogens is 2. The highest BCUT2D eigenvalue weighted by Crippen LogP contribution is 2.23. The van der Waals surface area contributed by atoms with Gasteiger partial charge in [0.15, 0.2) is 0 Å². The van der Waals surface area contributed by atoms with Gasteiger partial charge in [0, 0.05) is 13.5 Å². The Morgan fingerprint density at radius 1 is 1.24 bits per heavy atom. The molecule has 0 bridgehead atoms. The minimum Gasteiger partial charge on any atom is -0.382 e. The van der Waals surface area contributed by atoms with Gasteiger partial charge < -0.3 is 9.47 Å². The summed E-state index contributed by atoms with van der Waals surface area (Å²) in [7, 11) is 1.65. The topological polar surface area (TPSA) is 44.2 Å². The molecule has 1 aromatic heterocycles. The summed E-state index contributed by atoms with van der Waals surface area (Å²) in [4.78, 5) is 8.61. The van der Waals surface area contributed by atoms with Crippen molar-refractivity contribution < 1.29 is 9.47 Å². The largest absolute Gasteiger partial charge is 0.382 e. The summed E-state index contributed by atoms with van der Waals surface area (Å²) in [6, 6.07) is 0. The van der Waals surface area contributed by atoms with Crippen molar-refractivity contribution in [2.24, 2.45) is 0 Å². The molecule has 0 radical (unpaired) electrons. The number of rotatable bonds is 7. The van der Waals surface area contributed by atoms with Gasteiger partial charge in [0.2, 0.25) is 0 Å². The summed E-state index contributed by atoms with van der Waals surface area (Å²) >= 11 is 9.37. The van der Waals surface area contributed by atoms with E-state index in [1.807, 2.05) is 6.92 Å². The summed E-state index contributed by atoms with van der Waals surface area (Å²) in [5, 5.41) is 0.462. The van der Waals surface area contributed by atoms with Gasteiger partial charge in [0.25, 0.3) is 0 Å². The monoisotopic (exact) mass is 322 g/mol. The van der Waals surface area contributed by atoms with Crippen LogP contribution in [0.15, 0.2) is 4.47 Å². The van der Waals surface area contributed by atoms with Gasteiger partial charge in [-0.25, -0.2) is 9.97 Å². The number of methoxy groups -OCH3 is 1. The van der Waals surface area contributed by atoms with Crippen molar-refractivity contribution in [3.63, 3.8) is 0 Å². The number of aromatic nitrogens is 2. The first-order valence-electron chi connectivity index (χ1n) is 5.46. The lowest BCUT2D eigenvalue weighted by atomic mass is 10.3. The Labute approximate surface area is 115 Å². The van der Waals surface area contributed by atoms with Gasteiger partial charge in [-0.3, -0.25) is 0 Å². The normalized spacial score (nSPS) is 10.8. The third-order valence-corrected chi connectivity index (χ3v) is 3.50. The summed E-state index contributed by atoms with van der Waals surface area (Å²) < 4.78 is 11.0. The van der Waals surface area contributed by atoms with Crippen molar-refractivity contribution in [3.8, 4) is 0 Å². The van der Waals surface area contributed by atoms with E-state index in [1.165, 1.54) is 0 Å². The Balaban J connectivity index is 2.51. The zero-order valence-corrected chi connectivity index (χ0v) is 12.3. The highest BCUT2D eigenvalue weighted by atomic mass is 79.9. The first kappa shape index (κ1) is 14.8. The Morgan fingerprint density at radius 3 is 2.65 bits per heavy atom. The van der Waals surface area contributed by atoms with Gasteiger partial charge in [-0.2, -0.15) is 0 Å². The average molecular weight is 324 g/mol. The molecule has 0 aliphatic carbocycles. The molecule has 1 rings (SSSR count). The maximum atomic E-state index is 6.00. The number of nitrogens with zero attached hydrogens (tertiary/aromatic N) is 2. The van der Waals surface area contributed by atoms with Crippen LogP contribution in [0.1, 0.15) is 18.4 Å². The molecule has 0 fully saturated rings. The Bertz CT molecular complexity index is 364. The Hall–Kier alpha value is -0.230. The molecule has 1 aromatic rings. The number of aryl methyl sites for hydroxylation is 1. The molecule has 1 heterocycles. The first-order valence-corrected chi connectivity index (χ1v) is 6.63. The van der Waals surface area contributed by atoms with Crippen molar-refractivity contribution in [2.75, 3.05) is 26.9 Å². The van der Waals surface area contributed by atoms with Crippen molar-refractivity contribution in [1.29, 1.82) is 0 Å². The molecule has 6 heteroatoms. The van der Waals surface area contributed by atoms with Crippen LogP contribution in [0.5, 0.6) is 0 Å². The van der Waals surface area contributed by atoms with Crippen LogP contribution in [-0.2, 0) is 22.3 Å². The molecule has 0 atom stereocenters. The van der Waals surface area contributed by atoms with Crippen LogP contribution in [0.25, 0.3) is 0 Å². The van der Waals surface area contributed by atoms with Gasteiger partial charge in [0.05, 0.1) is 30.0 Å². The molecule has 0 saturated heterocycles. The van der Waals surface area contributed by atoms with Gasteiger partial charge in [-0.05, 0) is 22.4 Å². The second-order valence-electron chi connectivity index (χ2n) is 3.40. The van der Waals surface area contributed by atoms with Crippen molar-refractivity contribution in [3.05, 3.63) is 21.1 Å². The van der Waals surface area contributed by atoms with E-state index < -0.39 is 0 Å². The predicted octanol–water partition coefficient (Wildman–Crippen LogP) is 2.66. The van der Waals surface area contributed by atoms with Gasteiger partial charge in [0.1, 0.15) is 11.0 Å². The minimum atomic E-state index is 0.462. The van der Waals surface area contributed by atoms with E-state index in [9.17, 15) is 0 Å². The molecular formula is C11H16BrClN2O2. The van der Waals surface area contributed by atoms with Gasteiger partial charge >= 0.3 is 0 Å². The zero-order valence-electron chi connectivity index (χ0n) is 10.0. The van der Waals surface area contributed by atoms with Crippen LogP contribution in [0.4, 0.5) is 0 Å². The van der Waals surface area contributed by atoms with E-state index in [1.54, 1.807) is 7.11 Å². The molecule has 0 aliphatic heterocycles. The Morgan fingerprint density at radius 2 is 2.00 bits per heavy atom. The lowest BCUT2D eigenvalue weighted by molar-refractivity contribution is 0.0716. The molecular weight excluding hydrogens is 307 g/mol. The van der Waals surface area contributed by atoms with Crippen molar-refractivity contribution in [1.82, 2.24) is 9.97 Å². The van der Waals surface area contributed by atoms with E-state index >= 15 is 0 Å². The lowest BCUT2D eigenvalue weighted by Gasteiger charge is -2.07. The van der Waals surface area contributed by atoms with Gasteiger partial charge in [-0.1, -0.05) is 18.5 Å². The molecule has 0 N–H and O–H groups in total. The fraction of sp³-hybridized carbons (Fsp3) is 0.636. The maximum absolute atomic E-state index is 6.00. The van der Waals surface area contributed by atoms with E-state index in [0.717, 1.165) is 16.6 Å². The number of hydrogen-bond acceptors (Lipinski definition) is 4. The van der Waals surface area contributed by atoms with Crippen molar-refractivity contribution >= 4 is 27.5 Å². The standard InChI is InChI=1S/C11H16BrClN2O2/c1-3-8-10(12)11(13)15-9(14-8)4-5-17-7-6-16-2/h3-7H2,1-2H3. The molecule has 0 aromatic carbocycles. The lowest BCUT2D eigenvalue weighted by Crippen LogP contribution is -2.08. The molecule has 0 unspecified atom stereocenters. The second-order valence-corrected chi connectivity index (χ2v) is 4.55. The summed E-state index contributed by atoms with van der Waals surface area (Å²) in [6.45, 7) is 3.79. The molecule has 0 amide bonds. The fourth-order valence-corrected chi connectivity index (χ4v) is 1.93. The Kier molecular flexibility index (Phi) is 6.96. The smallest absolute Gasteiger partial charge is 0.147 e. The minimum absolute atomic E-state index is 0.462. The van der Waals surface area contributed by atoms with Crippen LogP contribution >= 0.6 is 27.5 Å². The summed E-state index contributed by atoms with van der Waals surface area (Å²) in [5.74, 6) is 0.715. The van der Waals surface area contributed by atoms with E-state index in [0.29, 0.717) is 37.2 Å². The summed E-state index contributed by atoms with van der Waals surface area (Å²) in [5.41, 5.74) is 0.928. The van der Waals surface area contributed by atoms with Crippen LogP contribution in [0, 0.1) is 0 Å². The molecule has 17 heavy (non-hydrogen) atoms. The first-order chi connectivity index (χ1) is 8.19. The van der Waals surface area contributed by atoms with Gasteiger partial charge in [-0.15, -0.1) is 0 Å². The van der Waals surface area contributed by atoms with Crippen LogP contribution in [-0.4, -0.2) is 36.9 Å². The number of hydrogen-bond donors (Lipinski definition) is 0. The van der Waals surface area contributed by atoms with Crippen LogP contribution in [0.3, 0.4) is 0 Å². The highest BCUT2D eigenvalue weighted by Gasteiger charge is 2.09.